The molecule has 0 saturated heterocycles. The van der Waals surface area contributed by atoms with Gasteiger partial charge in [0.15, 0.2) is 0 Å². The number of ether oxygens (including phenoxy) is 1. The van der Waals surface area contributed by atoms with Gasteiger partial charge in [0.25, 0.3) is 0 Å². The van der Waals surface area contributed by atoms with Crippen molar-refractivity contribution in [1.29, 1.82) is 5.26 Å². The van der Waals surface area contributed by atoms with Crippen LogP contribution in [-0.2, 0) is 0 Å². The average molecular weight is 271 g/mol. The van der Waals surface area contributed by atoms with Crippen LogP contribution in [0, 0.1) is 37.0 Å². The third-order valence-electron chi connectivity index (χ3n) is 4.37. The van der Waals surface area contributed by atoms with Crippen molar-refractivity contribution in [3.8, 4) is 11.8 Å². The molecule has 1 aliphatic carbocycles. The molecule has 1 aromatic carbocycles. The molecule has 1 fully saturated rings. The van der Waals surface area contributed by atoms with Gasteiger partial charge >= 0.3 is 0 Å². The number of hydrogen-bond donors (Lipinski definition) is 0. The molecular formula is C18H25NO. The SMILES string of the molecule is CCCC1CCC(C#N)C(Oc2ccc(C)cc2C)C1. The van der Waals surface area contributed by atoms with E-state index >= 15 is 0 Å². The Kier molecular flexibility index (Phi) is 5.06. The molecule has 1 aliphatic rings. The molecule has 2 nitrogen and oxygen atoms in total. The topological polar surface area (TPSA) is 33.0 Å². The van der Waals surface area contributed by atoms with E-state index in [4.69, 9.17) is 4.74 Å². The lowest BCUT2D eigenvalue weighted by Crippen LogP contribution is -2.33. The predicted octanol–water partition coefficient (Wildman–Crippen LogP) is 4.79. The lowest BCUT2D eigenvalue weighted by molar-refractivity contribution is 0.0869. The largest absolute Gasteiger partial charge is 0.489 e. The van der Waals surface area contributed by atoms with Crippen molar-refractivity contribution in [2.24, 2.45) is 11.8 Å². The Labute approximate surface area is 122 Å². The zero-order chi connectivity index (χ0) is 14.5. The summed E-state index contributed by atoms with van der Waals surface area (Å²) in [7, 11) is 0. The summed E-state index contributed by atoms with van der Waals surface area (Å²) < 4.78 is 6.20. The number of hydrogen-bond acceptors (Lipinski definition) is 2. The van der Waals surface area contributed by atoms with E-state index in [1.54, 1.807) is 0 Å². The van der Waals surface area contributed by atoms with Crippen LogP contribution in [0.15, 0.2) is 18.2 Å². The molecule has 108 valence electrons. The fourth-order valence-electron chi connectivity index (χ4n) is 3.25. The summed E-state index contributed by atoms with van der Waals surface area (Å²) in [6, 6.07) is 8.71. The minimum absolute atomic E-state index is 0.0452. The van der Waals surface area contributed by atoms with Crippen LogP contribution in [0.3, 0.4) is 0 Å². The van der Waals surface area contributed by atoms with Gasteiger partial charge in [-0.05, 0) is 50.7 Å². The number of nitrogens with zero attached hydrogens (tertiary/aromatic N) is 1. The average Bonchev–Trinajstić information content (AvgIpc) is 2.43. The summed E-state index contributed by atoms with van der Waals surface area (Å²) >= 11 is 0. The van der Waals surface area contributed by atoms with Crippen molar-refractivity contribution in [3.63, 3.8) is 0 Å². The van der Waals surface area contributed by atoms with E-state index in [-0.39, 0.29) is 12.0 Å². The van der Waals surface area contributed by atoms with Crippen LogP contribution in [-0.4, -0.2) is 6.10 Å². The second kappa shape index (κ2) is 6.79. The zero-order valence-electron chi connectivity index (χ0n) is 12.9. The van der Waals surface area contributed by atoms with Crippen molar-refractivity contribution in [2.75, 3.05) is 0 Å². The van der Waals surface area contributed by atoms with Crippen LogP contribution in [0.1, 0.15) is 50.2 Å². The fourth-order valence-corrected chi connectivity index (χ4v) is 3.25. The Morgan fingerprint density at radius 1 is 1.30 bits per heavy atom. The van der Waals surface area contributed by atoms with Crippen LogP contribution in [0.2, 0.25) is 0 Å². The second-order valence-corrected chi connectivity index (χ2v) is 6.13. The molecule has 0 heterocycles. The minimum atomic E-state index is 0.0452. The lowest BCUT2D eigenvalue weighted by Gasteiger charge is -2.33. The van der Waals surface area contributed by atoms with Gasteiger partial charge in [-0.25, -0.2) is 0 Å². The monoisotopic (exact) mass is 271 g/mol. The van der Waals surface area contributed by atoms with Crippen molar-refractivity contribution >= 4 is 0 Å². The highest BCUT2D eigenvalue weighted by Gasteiger charge is 2.32. The first-order valence-electron chi connectivity index (χ1n) is 7.77. The molecule has 0 aliphatic heterocycles. The highest BCUT2D eigenvalue weighted by Crippen LogP contribution is 2.35. The number of rotatable bonds is 4. The van der Waals surface area contributed by atoms with E-state index in [0.717, 1.165) is 24.5 Å². The van der Waals surface area contributed by atoms with Gasteiger partial charge in [-0.3, -0.25) is 0 Å². The van der Waals surface area contributed by atoms with Gasteiger partial charge in [-0.2, -0.15) is 5.26 Å². The molecule has 0 amide bonds. The molecule has 0 bridgehead atoms. The molecule has 0 N–H and O–H groups in total. The van der Waals surface area contributed by atoms with E-state index < -0.39 is 0 Å². The fraction of sp³-hybridized carbons (Fsp3) is 0.611. The quantitative estimate of drug-likeness (QED) is 0.788. The summed E-state index contributed by atoms with van der Waals surface area (Å²) in [5.74, 6) is 1.71. The molecule has 0 radical (unpaired) electrons. The van der Waals surface area contributed by atoms with Gasteiger partial charge in [0, 0.05) is 0 Å². The number of aryl methyl sites for hydroxylation is 2. The van der Waals surface area contributed by atoms with E-state index in [1.807, 2.05) is 6.07 Å². The van der Waals surface area contributed by atoms with Gasteiger partial charge < -0.3 is 4.74 Å². The summed E-state index contributed by atoms with van der Waals surface area (Å²) in [5, 5.41) is 9.34. The zero-order valence-corrected chi connectivity index (χ0v) is 12.9. The molecule has 3 atom stereocenters. The Bertz CT molecular complexity index is 489. The summed E-state index contributed by atoms with van der Waals surface area (Å²) in [6.45, 7) is 6.40. The Morgan fingerprint density at radius 3 is 2.75 bits per heavy atom. The maximum atomic E-state index is 9.34. The van der Waals surface area contributed by atoms with Crippen molar-refractivity contribution < 1.29 is 4.74 Å². The third-order valence-corrected chi connectivity index (χ3v) is 4.37. The highest BCUT2D eigenvalue weighted by atomic mass is 16.5. The van der Waals surface area contributed by atoms with Gasteiger partial charge in [-0.1, -0.05) is 37.5 Å². The number of benzene rings is 1. The molecule has 1 aromatic rings. The Hall–Kier alpha value is -1.49. The standard InChI is InChI=1S/C18H25NO/c1-4-5-15-7-8-16(12-19)18(11-15)20-17-9-6-13(2)10-14(17)3/h6,9-10,15-16,18H,4-5,7-8,11H2,1-3H3. The van der Waals surface area contributed by atoms with Crippen molar-refractivity contribution in [1.82, 2.24) is 0 Å². The summed E-state index contributed by atoms with van der Waals surface area (Å²) in [6.07, 6.45) is 5.73. The van der Waals surface area contributed by atoms with Crippen LogP contribution in [0.5, 0.6) is 5.75 Å². The van der Waals surface area contributed by atoms with Crippen molar-refractivity contribution in [3.05, 3.63) is 29.3 Å². The Morgan fingerprint density at radius 2 is 2.10 bits per heavy atom. The first kappa shape index (κ1) is 14.9. The van der Waals surface area contributed by atoms with Gasteiger partial charge in [0.05, 0.1) is 12.0 Å². The lowest BCUT2D eigenvalue weighted by atomic mass is 9.78. The van der Waals surface area contributed by atoms with Crippen LogP contribution in [0.4, 0.5) is 0 Å². The van der Waals surface area contributed by atoms with Crippen LogP contribution >= 0.6 is 0 Å². The second-order valence-electron chi connectivity index (χ2n) is 6.13. The molecule has 0 aromatic heterocycles. The van der Waals surface area contributed by atoms with E-state index in [0.29, 0.717) is 0 Å². The van der Waals surface area contributed by atoms with E-state index in [9.17, 15) is 5.26 Å². The maximum absolute atomic E-state index is 9.34. The van der Waals surface area contributed by atoms with E-state index in [1.165, 1.54) is 30.4 Å². The molecule has 20 heavy (non-hydrogen) atoms. The Balaban J connectivity index is 2.09. The van der Waals surface area contributed by atoms with Gasteiger partial charge in [0.2, 0.25) is 0 Å². The third kappa shape index (κ3) is 3.54. The van der Waals surface area contributed by atoms with Gasteiger partial charge in [-0.15, -0.1) is 0 Å². The molecular weight excluding hydrogens is 246 g/mol. The summed E-state index contributed by atoms with van der Waals surface area (Å²) in [4.78, 5) is 0. The van der Waals surface area contributed by atoms with Crippen molar-refractivity contribution in [2.45, 2.75) is 59.0 Å². The maximum Gasteiger partial charge on any atom is 0.122 e. The molecule has 2 rings (SSSR count). The minimum Gasteiger partial charge on any atom is -0.489 e. The van der Waals surface area contributed by atoms with Gasteiger partial charge in [0.1, 0.15) is 11.9 Å². The normalized spacial score (nSPS) is 26.0. The number of nitriles is 1. The van der Waals surface area contributed by atoms with Crippen LogP contribution in [0.25, 0.3) is 0 Å². The molecule has 1 saturated carbocycles. The molecule has 0 spiro atoms. The predicted molar refractivity (Wildman–Crippen MR) is 81.7 cm³/mol. The van der Waals surface area contributed by atoms with E-state index in [2.05, 4.69) is 39.0 Å². The highest BCUT2D eigenvalue weighted by molar-refractivity contribution is 5.36. The molecule has 2 heteroatoms. The van der Waals surface area contributed by atoms with Crippen LogP contribution < -0.4 is 4.74 Å². The smallest absolute Gasteiger partial charge is 0.122 e. The molecule has 3 unspecified atom stereocenters. The summed E-state index contributed by atoms with van der Waals surface area (Å²) in [5.41, 5.74) is 2.42. The first-order valence-corrected chi connectivity index (χ1v) is 7.77. The first-order chi connectivity index (χ1) is 9.63.